The molecule has 0 spiro atoms. The van der Waals surface area contributed by atoms with E-state index in [4.69, 9.17) is 4.11 Å². The number of anilines is 4. The van der Waals surface area contributed by atoms with Crippen molar-refractivity contribution in [2.24, 2.45) is 5.41 Å². The van der Waals surface area contributed by atoms with Crippen LogP contribution in [-0.2, 0) is 21.7 Å². The third-order valence-electron chi connectivity index (χ3n) is 25.1. The van der Waals surface area contributed by atoms with Gasteiger partial charge in [0, 0.05) is 94.0 Å². The van der Waals surface area contributed by atoms with Crippen LogP contribution < -0.4 is 26.6 Å². The van der Waals surface area contributed by atoms with E-state index in [1.54, 1.807) is 0 Å². The Kier molecular flexibility index (Phi) is 12.8. The number of nitrogens with zero attached hydrogens (tertiary/aromatic N) is 4. The minimum Gasteiger partial charge on any atom is -0.355 e. The molecule has 17 aromatic rings. The van der Waals surface area contributed by atoms with Crippen LogP contribution in [0.1, 0.15) is 144 Å². The topological polar surface area (TPSA) is 29.5 Å². The molecule has 2 atom stereocenters. The number of rotatable bonds is 5. The molecule has 3 aliphatic heterocycles. The van der Waals surface area contributed by atoms with E-state index in [0.717, 1.165) is 116 Å². The van der Waals surface area contributed by atoms with Gasteiger partial charge in [-0.2, -0.15) is 0 Å². The van der Waals surface area contributed by atoms with Gasteiger partial charge in [0.15, 0.2) is 0 Å². The Balaban J connectivity index is 0.939. The van der Waals surface area contributed by atoms with Crippen LogP contribution in [0.4, 0.5) is 22.7 Å². The molecular formula is C104H92BN5. The van der Waals surface area contributed by atoms with Gasteiger partial charge < -0.3 is 23.8 Å². The van der Waals surface area contributed by atoms with Crippen molar-refractivity contribution in [1.29, 1.82) is 0 Å². The van der Waals surface area contributed by atoms with Gasteiger partial charge in [0.1, 0.15) is 0 Å². The normalized spacial score (nSPS) is 16.2. The van der Waals surface area contributed by atoms with Gasteiger partial charge in [0.25, 0.3) is 6.71 Å². The number of fused-ring (bicyclic) bond motifs is 24. The first-order valence-corrected chi connectivity index (χ1v) is 39.4. The first kappa shape index (κ1) is 61.3. The summed E-state index contributed by atoms with van der Waals surface area (Å²) in [5.74, 6) is 0.0521. The average molecular weight is 1430 g/mol. The summed E-state index contributed by atoms with van der Waals surface area (Å²) in [6.07, 6.45) is 7.39. The smallest absolute Gasteiger partial charge is 0.252 e. The monoisotopic (exact) mass is 1430 g/mol. The molecule has 1 aliphatic carbocycles. The second-order valence-electron chi connectivity index (χ2n) is 37.0. The van der Waals surface area contributed by atoms with Gasteiger partial charge in [-0.05, 0) is 194 Å². The van der Waals surface area contributed by atoms with Crippen LogP contribution in [0.3, 0.4) is 0 Å². The van der Waals surface area contributed by atoms with Gasteiger partial charge >= 0.3 is 0 Å². The Bertz CT molecular complexity index is 7340. The quantitative estimate of drug-likeness (QED) is 0.174. The molecule has 0 fully saturated rings. The molecule has 2 unspecified atom stereocenters. The summed E-state index contributed by atoms with van der Waals surface area (Å²) in [5, 5.41) is 17.6. The highest BCUT2D eigenvalue weighted by molar-refractivity contribution is 7.00. The van der Waals surface area contributed by atoms with Crippen molar-refractivity contribution >= 4 is 149 Å². The first-order chi connectivity index (χ1) is 54.8. The summed E-state index contributed by atoms with van der Waals surface area (Å²) in [6, 6.07) is 81.6. The van der Waals surface area contributed by atoms with Gasteiger partial charge in [0.2, 0.25) is 0 Å². The van der Waals surface area contributed by atoms with Crippen molar-refractivity contribution in [3.8, 4) is 33.6 Å². The standard InChI is InChI=1S/C104H92BN5/c1-100(2,3)63-30-25-29-62(49-63)77-51-64(101(4,5)6)40-44-86(77)106-68-43-48-91-81(56-68)82-54-67(104(13,14)15)55-84-98(82)110(91)99-94-76-37-26-36-75-73-34-22-20-32-71(73)70-31-19-21-33-72(70)74-35-23-24-38-87(74)108(96(75)76)92(94)59-93-95(99)105(84)85-58-69(57-83-78-50-61(60-27-17-16-18-28-60)39-45-90(78)109(93)97(83)85)107-88-46-41-65(102(7,8)9)52-79(88)80-53-66(103(10,11)12)42-47-89(80)107/h16-59,79,88,106H,1-15H3/i16D,17D,18D,27D,28D. The molecule has 6 heteroatoms. The van der Waals surface area contributed by atoms with Crippen LogP contribution in [0, 0.1) is 5.41 Å². The van der Waals surface area contributed by atoms with Crippen LogP contribution in [0.2, 0.25) is 0 Å². The largest absolute Gasteiger partial charge is 0.355 e. The highest BCUT2D eigenvalue weighted by Gasteiger charge is 2.46. The molecule has 536 valence electrons. The summed E-state index contributed by atoms with van der Waals surface area (Å²) >= 11 is 0. The van der Waals surface area contributed by atoms with E-state index in [1.807, 2.05) is 6.07 Å². The summed E-state index contributed by atoms with van der Waals surface area (Å²) in [5.41, 5.74) is 27.8. The molecule has 4 aromatic heterocycles. The number of hydrogen-bond acceptors (Lipinski definition) is 2. The number of para-hydroxylation sites is 2. The third kappa shape index (κ3) is 9.72. The zero-order valence-corrected chi connectivity index (χ0v) is 65.5. The van der Waals surface area contributed by atoms with E-state index >= 15 is 0 Å². The van der Waals surface area contributed by atoms with Crippen molar-refractivity contribution in [3.63, 3.8) is 0 Å². The van der Waals surface area contributed by atoms with Crippen LogP contribution in [0.15, 0.2) is 272 Å². The average Bonchev–Trinajstić information content (AvgIpc) is 1.51. The minimum atomic E-state index is -0.414. The zero-order chi connectivity index (χ0) is 79.7. The molecule has 13 aromatic carbocycles. The molecule has 0 amide bonds. The summed E-state index contributed by atoms with van der Waals surface area (Å²) < 4.78 is 53.8. The molecule has 1 N–H and O–H groups in total. The van der Waals surface area contributed by atoms with Gasteiger partial charge in [-0.1, -0.05) is 292 Å². The number of hydrogen-bond donors (Lipinski definition) is 1. The van der Waals surface area contributed by atoms with Crippen molar-refractivity contribution < 1.29 is 6.85 Å². The zero-order valence-electron chi connectivity index (χ0n) is 70.5. The Hall–Kier alpha value is -11.6. The van der Waals surface area contributed by atoms with E-state index in [2.05, 4.69) is 358 Å². The predicted molar refractivity (Wildman–Crippen MR) is 474 cm³/mol. The number of benzene rings is 13. The maximum absolute atomic E-state index is 9.54. The Labute approximate surface area is 652 Å². The van der Waals surface area contributed by atoms with Crippen LogP contribution in [0.5, 0.6) is 0 Å². The summed E-state index contributed by atoms with van der Waals surface area (Å²) in [6.45, 7) is 34.4. The Morgan fingerprint density at radius 3 is 1.72 bits per heavy atom. The molecule has 4 aliphatic rings. The van der Waals surface area contributed by atoms with Gasteiger partial charge in [-0.15, -0.1) is 0 Å². The molecule has 0 bridgehead atoms. The van der Waals surface area contributed by atoms with E-state index < -0.39 is 6.04 Å². The lowest BCUT2D eigenvalue weighted by Gasteiger charge is -2.36. The predicted octanol–water partition coefficient (Wildman–Crippen LogP) is 26.0. The molecule has 7 heterocycles. The third-order valence-corrected chi connectivity index (χ3v) is 25.1. The molecule has 21 rings (SSSR count). The maximum Gasteiger partial charge on any atom is 0.252 e. The molecular weight excluding hydrogens is 1330 g/mol. The van der Waals surface area contributed by atoms with Crippen molar-refractivity contribution in [1.82, 2.24) is 13.5 Å². The van der Waals surface area contributed by atoms with E-state index in [0.29, 0.717) is 5.56 Å². The highest BCUT2D eigenvalue weighted by atomic mass is 15.2. The molecule has 110 heavy (non-hydrogen) atoms. The lowest BCUT2D eigenvalue weighted by molar-refractivity contribution is 0.507. The SMILES string of the molecule is [2H]c1c([2H])c([2H])c(-c2ccc3c(c2)c2cc(N4c5ccc(C(C)(C)C)cc5C5C=C(C(C)(C)C)C=CC54)cc4c2n3-c2cc3c(c5c2B4c2cc(C(C)(C)C)cc4c6cc(Nc7ccc(C(C)(C)C)cc7-c7cccc(C(C)(C)C)c7)ccc6n-5c24)c2cccc4c5ccccc5c5ccccc5c5ccccc5n3c42)c([2H])c1[2H]. The van der Waals surface area contributed by atoms with Gasteiger partial charge in [0.05, 0.1) is 46.2 Å². The second-order valence-corrected chi connectivity index (χ2v) is 37.0. The number of nitrogens with one attached hydrogen (secondary N) is 1. The van der Waals surface area contributed by atoms with Crippen LogP contribution >= 0.6 is 0 Å². The van der Waals surface area contributed by atoms with Crippen molar-refractivity contribution in [2.45, 2.75) is 137 Å². The van der Waals surface area contributed by atoms with Crippen LogP contribution in [0.25, 0.3) is 137 Å². The fourth-order valence-corrected chi connectivity index (χ4v) is 19.5. The Morgan fingerprint density at radius 1 is 0.391 bits per heavy atom. The summed E-state index contributed by atoms with van der Waals surface area (Å²) in [7, 11) is 0. The lowest BCUT2D eigenvalue weighted by Crippen LogP contribution is -2.59. The molecule has 5 nitrogen and oxygen atoms in total. The second kappa shape index (κ2) is 23.0. The highest BCUT2D eigenvalue weighted by Crippen LogP contribution is 2.54. The number of allylic oxidation sites excluding steroid dienone is 2. The Morgan fingerprint density at radius 2 is 0.991 bits per heavy atom. The molecule has 0 saturated carbocycles. The van der Waals surface area contributed by atoms with E-state index in [9.17, 15) is 2.74 Å². The fraction of sp³-hybridized carbons (Fsp3) is 0.212. The maximum atomic E-state index is 9.54. The summed E-state index contributed by atoms with van der Waals surface area (Å²) in [4.78, 5) is 2.63. The fourth-order valence-electron chi connectivity index (χ4n) is 19.5. The van der Waals surface area contributed by atoms with Crippen LogP contribution in [-0.4, -0.2) is 26.3 Å². The molecule has 0 radical (unpaired) electrons. The van der Waals surface area contributed by atoms with E-state index in [1.165, 1.54) is 82.7 Å². The molecule has 0 saturated heterocycles. The minimum absolute atomic E-state index is 0.0473. The first-order valence-electron chi connectivity index (χ1n) is 41.9. The van der Waals surface area contributed by atoms with Gasteiger partial charge in [-0.25, -0.2) is 0 Å². The van der Waals surface area contributed by atoms with Crippen molar-refractivity contribution in [3.05, 3.63) is 300 Å². The lowest BCUT2D eigenvalue weighted by atomic mass is 9.34. The van der Waals surface area contributed by atoms with Gasteiger partial charge in [-0.3, -0.25) is 0 Å². The van der Waals surface area contributed by atoms with E-state index in [-0.39, 0.29) is 75.5 Å². The van der Waals surface area contributed by atoms with Crippen molar-refractivity contribution in [2.75, 3.05) is 10.2 Å². The number of aromatic nitrogens is 3.